The van der Waals surface area contributed by atoms with Crippen LogP contribution in [0.15, 0.2) is 42.5 Å². The Kier molecular flexibility index (Phi) is 3.98. The number of carbonyl (C=O) groups is 1. The summed E-state index contributed by atoms with van der Waals surface area (Å²) in [5.41, 5.74) is 0.666. The molecule has 0 fully saturated rings. The van der Waals surface area contributed by atoms with Crippen LogP contribution in [-0.2, 0) is 0 Å². The molecule has 0 saturated carbocycles. The van der Waals surface area contributed by atoms with Crippen molar-refractivity contribution in [1.82, 2.24) is 0 Å². The highest BCUT2D eigenvalue weighted by Crippen LogP contribution is 2.27. The lowest BCUT2D eigenvalue weighted by Gasteiger charge is -2.23. The lowest BCUT2D eigenvalue weighted by atomic mass is 10.1. The summed E-state index contributed by atoms with van der Waals surface area (Å²) in [5.74, 6) is -2.52. The van der Waals surface area contributed by atoms with Gasteiger partial charge in [-0.1, -0.05) is 6.07 Å². The summed E-state index contributed by atoms with van der Waals surface area (Å²) in [5, 5.41) is 8.80. The molecule has 2 rings (SSSR count). The maximum Gasteiger partial charge on any atom is 0.338 e. The molecule has 0 atom stereocenters. The minimum absolute atomic E-state index is 0.385. The zero-order chi connectivity index (χ0) is 14.7. The maximum atomic E-state index is 13.7. The number of rotatable bonds is 4. The first-order valence-corrected chi connectivity index (χ1v) is 6.09. The molecule has 20 heavy (non-hydrogen) atoms. The fourth-order valence-electron chi connectivity index (χ4n) is 2.00. The zero-order valence-electron chi connectivity index (χ0n) is 10.8. The third-order valence-corrected chi connectivity index (χ3v) is 2.93. The number of aromatic carboxylic acids is 1. The smallest absolute Gasteiger partial charge is 0.338 e. The van der Waals surface area contributed by atoms with Gasteiger partial charge >= 0.3 is 5.97 Å². The van der Waals surface area contributed by atoms with Crippen molar-refractivity contribution in [2.45, 2.75) is 6.92 Å². The molecule has 104 valence electrons. The predicted octanol–water partition coefficient (Wildman–Crippen LogP) is 3.82. The van der Waals surface area contributed by atoms with Crippen molar-refractivity contribution in [2.24, 2.45) is 0 Å². The first-order chi connectivity index (χ1) is 9.52. The van der Waals surface area contributed by atoms with Gasteiger partial charge in [0, 0.05) is 17.9 Å². The van der Waals surface area contributed by atoms with Gasteiger partial charge in [0.05, 0.1) is 5.56 Å². The first kappa shape index (κ1) is 14.0. The quantitative estimate of drug-likeness (QED) is 0.923. The molecule has 0 bridgehead atoms. The van der Waals surface area contributed by atoms with Gasteiger partial charge in [0.2, 0.25) is 0 Å². The van der Waals surface area contributed by atoms with Crippen LogP contribution >= 0.6 is 0 Å². The van der Waals surface area contributed by atoms with Crippen LogP contribution in [-0.4, -0.2) is 17.6 Å². The molecule has 2 aromatic rings. The van der Waals surface area contributed by atoms with E-state index in [1.165, 1.54) is 24.3 Å². The summed E-state index contributed by atoms with van der Waals surface area (Å²) in [4.78, 5) is 12.5. The van der Waals surface area contributed by atoms with E-state index < -0.39 is 11.8 Å². The number of nitrogens with zero attached hydrogens (tertiary/aromatic N) is 1. The third-order valence-electron chi connectivity index (χ3n) is 2.93. The van der Waals surface area contributed by atoms with Gasteiger partial charge in [-0.3, -0.25) is 0 Å². The van der Waals surface area contributed by atoms with Crippen molar-refractivity contribution in [2.75, 3.05) is 11.4 Å². The summed E-state index contributed by atoms with van der Waals surface area (Å²) in [6.45, 7) is 2.34. The molecule has 0 aliphatic carbocycles. The molecule has 0 aliphatic rings. The van der Waals surface area contributed by atoms with E-state index in [-0.39, 0.29) is 11.4 Å². The largest absolute Gasteiger partial charge is 0.478 e. The topological polar surface area (TPSA) is 40.5 Å². The minimum Gasteiger partial charge on any atom is -0.478 e. The Bertz CT molecular complexity index is 644. The van der Waals surface area contributed by atoms with Gasteiger partial charge in [0.25, 0.3) is 0 Å². The Labute approximate surface area is 115 Å². The molecule has 0 amide bonds. The van der Waals surface area contributed by atoms with Gasteiger partial charge < -0.3 is 10.0 Å². The van der Waals surface area contributed by atoms with E-state index in [1.807, 2.05) is 6.92 Å². The second-order valence-electron chi connectivity index (χ2n) is 4.19. The standard InChI is InChI=1S/C15H13F2NO2/c1-2-18(11-5-3-4-10(16)8-11)12-6-7-13(15(19)20)14(17)9-12/h3-9H,2H2,1H3,(H,19,20). The van der Waals surface area contributed by atoms with Crippen LogP contribution in [0, 0.1) is 11.6 Å². The molecule has 0 radical (unpaired) electrons. The van der Waals surface area contributed by atoms with Crippen LogP contribution in [0.3, 0.4) is 0 Å². The molecule has 5 heteroatoms. The normalized spacial score (nSPS) is 10.3. The van der Waals surface area contributed by atoms with E-state index in [0.717, 1.165) is 6.07 Å². The average Bonchev–Trinajstić information content (AvgIpc) is 2.39. The Morgan fingerprint density at radius 3 is 2.40 bits per heavy atom. The summed E-state index contributed by atoms with van der Waals surface area (Å²) >= 11 is 0. The highest BCUT2D eigenvalue weighted by Gasteiger charge is 2.14. The van der Waals surface area contributed by atoms with E-state index in [9.17, 15) is 13.6 Å². The molecule has 0 aromatic heterocycles. The highest BCUT2D eigenvalue weighted by molar-refractivity contribution is 5.88. The molecule has 0 spiro atoms. The number of hydrogen-bond donors (Lipinski definition) is 1. The predicted molar refractivity (Wildman–Crippen MR) is 72.4 cm³/mol. The van der Waals surface area contributed by atoms with Gasteiger partial charge in [-0.05, 0) is 43.3 Å². The number of halogens is 2. The second-order valence-corrected chi connectivity index (χ2v) is 4.19. The number of hydrogen-bond acceptors (Lipinski definition) is 2. The average molecular weight is 277 g/mol. The van der Waals surface area contributed by atoms with Crippen LogP contribution in [0.4, 0.5) is 20.2 Å². The third kappa shape index (κ3) is 2.77. The van der Waals surface area contributed by atoms with Crippen LogP contribution < -0.4 is 4.90 Å². The van der Waals surface area contributed by atoms with E-state index in [2.05, 4.69) is 0 Å². The molecule has 0 heterocycles. The van der Waals surface area contributed by atoms with Crippen molar-refractivity contribution < 1.29 is 18.7 Å². The Balaban J connectivity index is 2.42. The van der Waals surface area contributed by atoms with Gasteiger partial charge in [0.15, 0.2) is 0 Å². The SMILES string of the molecule is CCN(c1cccc(F)c1)c1ccc(C(=O)O)c(F)c1. The molecule has 0 saturated heterocycles. The van der Waals surface area contributed by atoms with Crippen LogP contribution in [0.5, 0.6) is 0 Å². The minimum atomic E-state index is -1.32. The fraction of sp³-hybridized carbons (Fsp3) is 0.133. The van der Waals surface area contributed by atoms with Crippen LogP contribution in [0.1, 0.15) is 17.3 Å². The van der Waals surface area contributed by atoms with Crippen LogP contribution in [0.25, 0.3) is 0 Å². The first-order valence-electron chi connectivity index (χ1n) is 6.09. The van der Waals surface area contributed by atoms with E-state index >= 15 is 0 Å². The van der Waals surface area contributed by atoms with Crippen molar-refractivity contribution in [3.63, 3.8) is 0 Å². The van der Waals surface area contributed by atoms with Gasteiger partial charge in [0.1, 0.15) is 11.6 Å². The van der Waals surface area contributed by atoms with E-state index in [0.29, 0.717) is 17.9 Å². The number of benzene rings is 2. The van der Waals surface area contributed by atoms with Gasteiger partial charge in [-0.25, -0.2) is 13.6 Å². The van der Waals surface area contributed by atoms with Crippen molar-refractivity contribution in [1.29, 1.82) is 0 Å². The summed E-state index contributed by atoms with van der Waals surface area (Å²) < 4.78 is 27.0. The van der Waals surface area contributed by atoms with E-state index in [1.54, 1.807) is 17.0 Å². The molecule has 3 nitrogen and oxygen atoms in total. The molecule has 0 unspecified atom stereocenters. The van der Waals surface area contributed by atoms with Crippen molar-refractivity contribution >= 4 is 17.3 Å². The van der Waals surface area contributed by atoms with Crippen LogP contribution in [0.2, 0.25) is 0 Å². The second kappa shape index (κ2) is 5.69. The van der Waals surface area contributed by atoms with Gasteiger partial charge in [-0.15, -0.1) is 0 Å². The molecule has 1 N–H and O–H groups in total. The Hall–Kier alpha value is -2.43. The summed E-state index contributed by atoms with van der Waals surface area (Å²) in [6, 6.07) is 9.77. The number of carboxylic acids is 1. The molecular weight excluding hydrogens is 264 g/mol. The monoisotopic (exact) mass is 277 g/mol. The maximum absolute atomic E-state index is 13.7. The summed E-state index contributed by atoms with van der Waals surface area (Å²) in [7, 11) is 0. The molecule has 2 aromatic carbocycles. The Morgan fingerprint density at radius 1 is 1.15 bits per heavy atom. The van der Waals surface area contributed by atoms with Crippen molar-refractivity contribution in [3.8, 4) is 0 Å². The summed E-state index contributed by atoms with van der Waals surface area (Å²) in [6.07, 6.45) is 0. The molecule has 0 aliphatic heterocycles. The Morgan fingerprint density at radius 2 is 1.85 bits per heavy atom. The van der Waals surface area contributed by atoms with Gasteiger partial charge in [-0.2, -0.15) is 0 Å². The number of anilines is 2. The fourth-order valence-corrected chi connectivity index (χ4v) is 2.00. The lowest BCUT2D eigenvalue weighted by Crippen LogP contribution is -2.16. The van der Waals surface area contributed by atoms with Crippen molar-refractivity contribution in [3.05, 3.63) is 59.7 Å². The van der Waals surface area contributed by atoms with E-state index in [4.69, 9.17) is 5.11 Å². The highest BCUT2D eigenvalue weighted by atomic mass is 19.1. The molecular formula is C15H13F2NO2. The number of carboxylic acid groups (broad SMARTS) is 1. The lowest BCUT2D eigenvalue weighted by molar-refractivity contribution is 0.0692. The zero-order valence-corrected chi connectivity index (χ0v) is 10.8.